The van der Waals surface area contributed by atoms with Crippen molar-refractivity contribution < 1.29 is 19.1 Å². The Morgan fingerprint density at radius 1 is 1.12 bits per heavy atom. The van der Waals surface area contributed by atoms with Crippen LogP contribution in [0.4, 0.5) is 10.5 Å². The minimum Gasteiger partial charge on any atom is -0.453 e. The summed E-state index contributed by atoms with van der Waals surface area (Å²) in [5.41, 5.74) is 2.92. The van der Waals surface area contributed by atoms with Gasteiger partial charge < -0.3 is 29.8 Å². The molecule has 10 heteroatoms. The minimum atomic E-state index is -0.963. The molecule has 0 aliphatic carbocycles. The molecule has 0 bridgehead atoms. The third kappa shape index (κ3) is 7.87. The normalized spacial score (nSPS) is 14.1. The number of hydrogen-bond donors (Lipinski definition) is 3. The van der Waals surface area contributed by atoms with Gasteiger partial charge in [0.05, 0.1) is 13.7 Å². The number of fused-ring (bicyclic) bond motifs is 1. The van der Waals surface area contributed by atoms with Gasteiger partial charge in [0.25, 0.3) is 5.56 Å². The van der Waals surface area contributed by atoms with Gasteiger partial charge in [0, 0.05) is 30.5 Å². The highest BCUT2D eigenvalue weighted by Crippen LogP contribution is 2.22. The number of amides is 3. The highest BCUT2D eigenvalue weighted by atomic mass is 16.5. The summed E-state index contributed by atoms with van der Waals surface area (Å²) in [6.45, 7) is 6.18. The van der Waals surface area contributed by atoms with Gasteiger partial charge in [-0.05, 0) is 73.2 Å². The molecule has 1 aliphatic heterocycles. The van der Waals surface area contributed by atoms with E-state index < -0.39 is 18.0 Å². The van der Waals surface area contributed by atoms with Crippen molar-refractivity contribution in [1.82, 2.24) is 19.8 Å². The van der Waals surface area contributed by atoms with Gasteiger partial charge in [-0.1, -0.05) is 38.1 Å². The van der Waals surface area contributed by atoms with Gasteiger partial charge in [0.2, 0.25) is 11.8 Å². The van der Waals surface area contributed by atoms with E-state index in [1.54, 1.807) is 23.2 Å². The number of allylic oxidation sites excluding steroid dienone is 1. The number of para-hydroxylation sites is 1. The molecule has 10 nitrogen and oxygen atoms in total. The summed E-state index contributed by atoms with van der Waals surface area (Å²) in [5, 5.41) is 6.27. The number of aromatic nitrogens is 2. The second-order valence-corrected chi connectivity index (χ2v) is 10.8. The summed E-state index contributed by atoms with van der Waals surface area (Å²) in [7, 11) is 1.21. The maximum Gasteiger partial charge on any atom is 0.407 e. The SMILES string of the molecule is COC(=O)NC(CC/C=C/C(=O)N1CCCC1)C(=O)Nc1cccn(Cc2cc3cccc(CC(C)C)c3[nH]2)c1=O. The smallest absolute Gasteiger partial charge is 0.407 e. The summed E-state index contributed by atoms with van der Waals surface area (Å²) in [5.74, 6) is -0.0879. The van der Waals surface area contributed by atoms with Crippen molar-refractivity contribution in [3.63, 3.8) is 0 Å². The largest absolute Gasteiger partial charge is 0.453 e. The van der Waals surface area contributed by atoms with Crippen LogP contribution < -0.4 is 16.2 Å². The number of alkyl carbamates (subject to hydrolysis) is 1. The molecule has 1 aromatic carbocycles. The monoisotopic (exact) mass is 561 g/mol. The molecule has 1 atom stereocenters. The lowest BCUT2D eigenvalue weighted by atomic mass is 10.0. The molecule has 3 aromatic rings. The molecule has 4 rings (SSSR count). The first-order chi connectivity index (χ1) is 19.7. The van der Waals surface area contributed by atoms with E-state index in [1.165, 1.54) is 29.4 Å². The maximum atomic E-state index is 13.3. The zero-order valence-electron chi connectivity index (χ0n) is 23.9. The summed E-state index contributed by atoms with van der Waals surface area (Å²) in [4.78, 5) is 55.8. The lowest BCUT2D eigenvalue weighted by Crippen LogP contribution is -2.44. The molecule has 0 radical (unpaired) electrons. The van der Waals surface area contributed by atoms with Crippen LogP contribution in [-0.2, 0) is 27.3 Å². The van der Waals surface area contributed by atoms with Crippen LogP contribution in [0.2, 0.25) is 0 Å². The van der Waals surface area contributed by atoms with E-state index in [2.05, 4.69) is 40.3 Å². The number of hydrogen-bond acceptors (Lipinski definition) is 5. The van der Waals surface area contributed by atoms with E-state index in [0.717, 1.165) is 48.9 Å². The van der Waals surface area contributed by atoms with Gasteiger partial charge in [-0.2, -0.15) is 0 Å². The third-order valence-electron chi connectivity index (χ3n) is 7.14. The van der Waals surface area contributed by atoms with Crippen LogP contribution in [-0.4, -0.2) is 58.6 Å². The van der Waals surface area contributed by atoms with Gasteiger partial charge >= 0.3 is 6.09 Å². The van der Waals surface area contributed by atoms with E-state index >= 15 is 0 Å². The number of ether oxygens (including phenoxy) is 1. The van der Waals surface area contributed by atoms with Crippen LogP contribution in [0.5, 0.6) is 0 Å². The molecule has 2 aromatic heterocycles. The van der Waals surface area contributed by atoms with Gasteiger partial charge in [-0.3, -0.25) is 14.4 Å². The number of anilines is 1. The highest BCUT2D eigenvalue weighted by molar-refractivity contribution is 5.96. The van der Waals surface area contributed by atoms with Gasteiger partial charge in [0.1, 0.15) is 11.7 Å². The molecule has 3 amide bonds. The van der Waals surface area contributed by atoms with E-state index in [-0.39, 0.29) is 23.6 Å². The van der Waals surface area contributed by atoms with Crippen molar-refractivity contribution in [3.8, 4) is 0 Å². The number of rotatable bonds is 11. The molecule has 1 saturated heterocycles. The Labute approximate surface area is 239 Å². The van der Waals surface area contributed by atoms with Crippen LogP contribution in [0.3, 0.4) is 0 Å². The fraction of sp³-hybridized carbons (Fsp3) is 0.419. The quantitative estimate of drug-likeness (QED) is 0.303. The van der Waals surface area contributed by atoms with Gasteiger partial charge in [0.15, 0.2) is 0 Å². The average Bonchev–Trinajstić information content (AvgIpc) is 3.63. The van der Waals surface area contributed by atoms with E-state index in [4.69, 9.17) is 0 Å². The topological polar surface area (TPSA) is 126 Å². The van der Waals surface area contributed by atoms with Crippen LogP contribution in [0, 0.1) is 5.92 Å². The van der Waals surface area contributed by atoms with Crippen molar-refractivity contribution in [3.05, 3.63) is 76.4 Å². The molecule has 0 spiro atoms. The predicted molar refractivity (Wildman–Crippen MR) is 159 cm³/mol. The molecule has 1 aliphatic rings. The maximum absolute atomic E-state index is 13.3. The third-order valence-corrected chi connectivity index (χ3v) is 7.14. The second kappa shape index (κ2) is 13.8. The number of likely N-dealkylation sites (tertiary alicyclic amines) is 1. The Morgan fingerprint density at radius 3 is 2.63 bits per heavy atom. The van der Waals surface area contributed by atoms with Crippen LogP contribution in [0.15, 0.2) is 59.5 Å². The number of aromatic amines is 1. The molecule has 0 saturated carbocycles. The number of nitrogens with zero attached hydrogens (tertiary/aromatic N) is 2. The summed E-state index contributed by atoms with van der Waals surface area (Å²) in [6, 6.07) is 10.5. The lowest BCUT2D eigenvalue weighted by Gasteiger charge is -2.17. The van der Waals surface area contributed by atoms with Crippen LogP contribution in [0.25, 0.3) is 10.9 Å². The Hall–Kier alpha value is -4.34. The number of pyridine rings is 1. The van der Waals surface area contributed by atoms with Crippen LogP contribution >= 0.6 is 0 Å². The van der Waals surface area contributed by atoms with Crippen molar-refractivity contribution in [2.24, 2.45) is 5.92 Å². The lowest BCUT2D eigenvalue weighted by molar-refractivity contribution is -0.125. The molecular formula is C31H39N5O5. The zero-order valence-corrected chi connectivity index (χ0v) is 23.9. The number of benzene rings is 1. The summed E-state index contributed by atoms with van der Waals surface area (Å²) in [6.07, 6.45) is 7.67. The Balaban J connectivity index is 1.44. The van der Waals surface area contributed by atoms with E-state index in [1.807, 2.05) is 18.2 Å². The number of H-pyrrole nitrogens is 1. The highest BCUT2D eigenvalue weighted by Gasteiger charge is 2.22. The van der Waals surface area contributed by atoms with Crippen molar-refractivity contribution in [1.29, 1.82) is 0 Å². The zero-order chi connectivity index (χ0) is 29.4. The number of nitrogens with one attached hydrogen (secondary N) is 3. The first kappa shape index (κ1) is 29.6. The molecule has 41 heavy (non-hydrogen) atoms. The van der Waals surface area contributed by atoms with Crippen molar-refractivity contribution in [2.75, 3.05) is 25.5 Å². The fourth-order valence-corrected chi connectivity index (χ4v) is 5.09. The van der Waals surface area contributed by atoms with E-state index in [0.29, 0.717) is 18.9 Å². The number of methoxy groups -OCH3 is 1. The van der Waals surface area contributed by atoms with Crippen molar-refractivity contribution in [2.45, 2.75) is 58.5 Å². The fourth-order valence-electron chi connectivity index (χ4n) is 5.09. The summed E-state index contributed by atoms with van der Waals surface area (Å²) >= 11 is 0. The molecular weight excluding hydrogens is 522 g/mol. The Bertz CT molecular complexity index is 1470. The van der Waals surface area contributed by atoms with Crippen LogP contribution in [0.1, 0.15) is 50.8 Å². The molecule has 218 valence electrons. The summed E-state index contributed by atoms with van der Waals surface area (Å²) < 4.78 is 6.20. The average molecular weight is 562 g/mol. The standard InChI is InChI=1S/C31H39N5O5/c1-21(2)18-22-10-8-11-23-19-24(32-28(22)23)20-36-17-9-13-26(30(36)39)33-29(38)25(34-31(40)41-3)12-4-5-14-27(37)35-15-6-7-16-35/h5,8-11,13-14,17,19,21,25,32H,4,6-7,12,15-16,18,20H2,1-3H3,(H,33,38)(H,34,40)/b14-5+. The predicted octanol–water partition coefficient (Wildman–Crippen LogP) is 4.20. The Kier molecular flexibility index (Phi) is 10.00. The van der Waals surface area contributed by atoms with Gasteiger partial charge in [-0.15, -0.1) is 0 Å². The first-order valence-electron chi connectivity index (χ1n) is 14.1. The molecule has 1 fully saturated rings. The van der Waals surface area contributed by atoms with E-state index in [9.17, 15) is 19.2 Å². The molecule has 3 N–H and O–H groups in total. The molecule has 3 heterocycles. The number of carbonyl (C=O) groups is 3. The number of carbonyl (C=O) groups excluding carboxylic acids is 3. The first-order valence-corrected chi connectivity index (χ1v) is 14.1. The Morgan fingerprint density at radius 2 is 1.90 bits per heavy atom. The molecule has 1 unspecified atom stereocenters. The van der Waals surface area contributed by atoms with Crippen molar-refractivity contribution >= 4 is 34.5 Å². The van der Waals surface area contributed by atoms with Gasteiger partial charge in [-0.25, -0.2) is 4.79 Å². The second-order valence-electron chi connectivity index (χ2n) is 10.8. The minimum absolute atomic E-state index is 0.0552.